The van der Waals surface area contributed by atoms with E-state index < -0.39 is 6.10 Å². The van der Waals surface area contributed by atoms with Crippen molar-refractivity contribution in [1.82, 2.24) is 0 Å². The second-order valence-corrected chi connectivity index (χ2v) is 6.76. The van der Waals surface area contributed by atoms with Crippen LogP contribution in [0.5, 0.6) is 11.5 Å². The first kappa shape index (κ1) is 19.0. The molecule has 0 radical (unpaired) electrons. The molecule has 1 aromatic carbocycles. The molecule has 136 valence electrons. The predicted molar refractivity (Wildman–Crippen MR) is 93.4 cm³/mol. The second-order valence-electron chi connectivity index (χ2n) is 6.76. The van der Waals surface area contributed by atoms with E-state index in [-0.39, 0.29) is 0 Å². The molecule has 5 nitrogen and oxygen atoms in total. The third-order valence-corrected chi connectivity index (χ3v) is 4.92. The highest BCUT2D eigenvalue weighted by Crippen LogP contribution is 2.27. The van der Waals surface area contributed by atoms with Gasteiger partial charge in [0.15, 0.2) is 11.5 Å². The number of aliphatic hydroxyl groups is 1. The lowest BCUT2D eigenvalue weighted by Crippen LogP contribution is -2.93. The summed E-state index contributed by atoms with van der Waals surface area (Å²) in [6, 6.07) is 6.37. The van der Waals surface area contributed by atoms with Gasteiger partial charge in [0.05, 0.1) is 33.5 Å². The van der Waals surface area contributed by atoms with E-state index in [2.05, 4.69) is 12.2 Å². The predicted octanol–water partition coefficient (Wildman–Crippen LogP) is 1.72. The van der Waals surface area contributed by atoms with Crippen LogP contribution in [0.3, 0.4) is 0 Å². The van der Waals surface area contributed by atoms with Crippen LogP contribution in [0.15, 0.2) is 18.2 Å². The zero-order valence-electron chi connectivity index (χ0n) is 15.2. The van der Waals surface area contributed by atoms with Gasteiger partial charge in [-0.2, -0.15) is 0 Å². The van der Waals surface area contributed by atoms with Gasteiger partial charge in [-0.3, -0.25) is 0 Å². The first-order valence-corrected chi connectivity index (χ1v) is 8.94. The minimum atomic E-state index is -0.431. The van der Waals surface area contributed by atoms with Gasteiger partial charge < -0.3 is 24.6 Å². The maximum Gasteiger partial charge on any atom is 0.161 e. The maximum atomic E-state index is 10.1. The van der Waals surface area contributed by atoms with E-state index in [4.69, 9.17) is 14.2 Å². The van der Waals surface area contributed by atoms with Gasteiger partial charge in [-0.1, -0.05) is 19.4 Å². The van der Waals surface area contributed by atoms with Crippen LogP contribution in [0.2, 0.25) is 0 Å². The van der Waals surface area contributed by atoms with Crippen LogP contribution in [0, 0.1) is 5.92 Å². The zero-order valence-corrected chi connectivity index (χ0v) is 15.2. The number of rotatable bonds is 9. The Bertz CT molecular complexity index is 494. The first-order chi connectivity index (χ1) is 11.6. The van der Waals surface area contributed by atoms with Gasteiger partial charge in [0.2, 0.25) is 0 Å². The number of aliphatic hydroxyl groups excluding tert-OH is 1. The first-order valence-electron chi connectivity index (χ1n) is 8.94. The molecule has 5 heteroatoms. The lowest BCUT2D eigenvalue weighted by atomic mass is 9.86. The molecule has 0 amide bonds. The molecule has 0 heterocycles. The molecule has 3 N–H and O–H groups in total. The highest BCUT2D eigenvalue weighted by molar-refractivity contribution is 5.42. The summed E-state index contributed by atoms with van der Waals surface area (Å²) in [6.07, 6.45) is 4.81. The van der Waals surface area contributed by atoms with E-state index in [9.17, 15) is 5.11 Å². The summed E-state index contributed by atoms with van der Waals surface area (Å²) < 4.78 is 16.2. The van der Waals surface area contributed by atoms with Crippen LogP contribution in [0.25, 0.3) is 0 Å². The number of nitrogens with two attached hydrogens (primary N) is 1. The number of hydrogen-bond donors (Lipinski definition) is 2. The van der Waals surface area contributed by atoms with Crippen LogP contribution in [0.4, 0.5) is 0 Å². The SMILES string of the molecule is COc1ccc(COC[C@@H](O)C[NH2+][C@H]2CCCC[C@H]2C)cc1OC. The molecule has 0 aromatic heterocycles. The Morgan fingerprint density at radius 3 is 2.62 bits per heavy atom. The van der Waals surface area contributed by atoms with E-state index in [0.29, 0.717) is 37.3 Å². The monoisotopic (exact) mass is 338 g/mol. The van der Waals surface area contributed by atoms with Gasteiger partial charge in [-0.15, -0.1) is 0 Å². The summed E-state index contributed by atoms with van der Waals surface area (Å²) in [6.45, 7) is 3.84. The fraction of sp³-hybridized carbons (Fsp3) is 0.684. The van der Waals surface area contributed by atoms with Crippen LogP contribution in [-0.2, 0) is 11.3 Å². The summed E-state index contributed by atoms with van der Waals surface area (Å²) in [7, 11) is 3.24. The Labute approximate surface area is 145 Å². The summed E-state index contributed by atoms with van der Waals surface area (Å²) in [5, 5.41) is 12.4. The van der Waals surface area contributed by atoms with Crippen LogP contribution in [0.1, 0.15) is 38.2 Å². The van der Waals surface area contributed by atoms with Crippen molar-refractivity contribution in [3.05, 3.63) is 23.8 Å². The second kappa shape index (κ2) is 9.87. The molecule has 0 aliphatic heterocycles. The molecule has 0 bridgehead atoms. The van der Waals surface area contributed by atoms with Gasteiger partial charge in [0.25, 0.3) is 0 Å². The minimum absolute atomic E-state index is 0.353. The number of ether oxygens (including phenoxy) is 3. The molecule has 1 aliphatic rings. The van der Waals surface area contributed by atoms with Gasteiger partial charge in [0.1, 0.15) is 12.6 Å². The Kier molecular flexibility index (Phi) is 7.82. The van der Waals surface area contributed by atoms with Crippen molar-refractivity contribution in [3.8, 4) is 11.5 Å². The lowest BCUT2D eigenvalue weighted by Gasteiger charge is -2.27. The molecular formula is C19H32NO4+. The van der Waals surface area contributed by atoms with E-state index in [1.54, 1.807) is 14.2 Å². The summed E-state index contributed by atoms with van der Waals surface area (Å²) >= 11 is 0. The molecule has 1 saturated carbocycles. The van der Waals surface area contributed by atoms with Crippen molar-refractivity contribution in [2.45, 2.75) is 51.4 Å². The Hall–Kier alpha value is -1.30. The molecule has 1 aliphatic carbocycles. The molecule has 2 rings (SSSR count). The van der Waals surface area contributed by atoms with E-state index >= 15 is 0 Å². The average molecular weight is 338 g/mol. The number of hydrogen-bond acceptors (Lipinski definition) is 4. The fourth-order valence-corrected chi connectivity index (χ4v) is 3.38. The Balaban J connectivity index is 1.69. The Morgan fingerprint density at radius 1 is 1.17 bits per heavy atom. The topological polar surface area (TPSA) is 64.5 Å². The molecule has 24 heavy (non-hydrogen) atoms. The highest BCUT2D eigenvalue weighted by atomic mass is 16.5. The van der Waals surface area contributed by atoms with Crippen molar-refractivity contribution in [1.29, 1.82) is 0 Å². The third kappa shape index (κ3) is 5.65. The summed E-state index contributed by atoms with van der Waals surface area (Å²) in [5.41, 5.74) is 1.00. The van der Waals surface area contributed by atoms with E-state index in [0.717, 1.165) is 11.5 Å². The van der Waals surface area contributed by atoms with Gasteiger partial charge >= 0.3 is 0 Å². The van der Waals surface area contributed by atoms with Crippen molar-refractivity contribution in [2.75, 3.05) is 27.4 Å². The van der Waals surface area contributed by atoms with Crippen LogP contribution in [-0.4, -0.2) is 44.6 Å². The minimum Gasteiger partial charge on any atom is -0.493 e. The average Bonchev–Trinajstić information content (AvgIpc) is 2.61. The standard InChI is InChI=1S/C19H31NO4/c1-14-6-4-5-7-17(14)20-11-16(21)13-24-12-15-8-9-18(22-2)19(10-15)23-3/h8-10,14,16-17,20-21H,4-7,11-13H2,1-3H3/p+1/t14-,16+,17+/m1/s1. The molecule has 3 atom stereocenters. The van der Waals surface area contributed by atoms with Crippen LogP contribution >= 0.6 is 0 Å². The molecule has 0 unspecified atom stereocenters. The Morgan fingerprint density at radius 2 is 1.92 bits per heavy atom. The lowest BCUT2D eigenvalue weighted by molar-refractivity contribution is -0.703. The van der Waals surface area contributed by atoms with Crippen molar-refractivity contribution >= 4 is 0 Å². The van der Waals surface area contributed by atoms with Gasteiger partial charge in [-0.25, -0.2) is 0 Å². The molecule has 0 saturated heterocycles. The van der Waals surface area contributed by atoms with E-state index in [1.165, 1.54) is 25.7 Å². The molecule has 1 fully saturated rings. The summed E-state index contributed by atoms with van der Waals surface area (Å²) in [4.78, 5) is 0. The molecule has 1 aromatic rings. The van der Waals surface area contributed by atoms with E-state index in [1.807, 2.05) is 18.2 Å². The molecule has 0 spiro atoms. The normalized spacial score (nSPS) is 22.2. The fourth-order valence-electron chi connectivity index (χ4n) is 3.38. The van der Waals surface area contributed by atoms with Crippen LogP contribution < -0.4 is 14.8 Å². The smallest absolute Gasteiger partial charge is 0.161 e. The molecular weight excluding hydrogens is 306 g/mol. The van der Waals surface area contributed by atoms with Crippen molar-refractivity contribution < 1.29 is 24.6 Å². The van der Waals surface area contributed by atoms with Gasteiger partial charge in [-0.05, 0) is 37.0 Å². The summed E-state index contributed by atoms with van der Waals surface area (Å²) in [5.74, 6) is 2.15. The number of benzene rings is 1. The van der Waals surface area contributed by atoms with Gasteiger partial charge in [0, 0.05) is 5.92 Å². The quantitative estimate of drug-likeness (QED) is 0.720. The highest BCUT2D eigenvalue weighted by Gasteiger charge is 2.24. The third-order valence-electron chi connectivity index (χ3n) is 4.92. The number of quaternary nitrogens is 1. The maximum absolute atomic E-state index is 10.1. The largest absolute Gasteiger partial charge is 0.493 e. The zero-order chi connectivity index (χ0) is 17.4. The number of methoxy groups -OCH3 is 2. The van der Waals surface area contributed by atoms with Crippen molar-refractivity contribution in [3.63, 3.8) is 0 Å². The van der Waals surface area contributed by atoms with Crippen molar-refractivity contribution in [2.24, 2.45) is 5.92 Å².